The van der Waals surface area contributed by atoms with Gasteiger partial charge < -0.3 is 10.3 Å². The topological polar surface area (TPSA) is 57.8 Å². The van der Waals surface area contributed by atoms with Crippen LogP contribution in [0.15, 0.2) is 54.9 Å². The molecule has 1 amide bonds. The first kappa shape index (κ1) is 14.4. The fraction of sp³-hybridized carbons (Fsp3) is 0.0588. The van der Waals surface area contributed by atoms with Gasteiger partial charge in [0, 0.05) is 41.0 Å². The zero-order valence-electron chi connectivity index (χ0n) is 11.7. The van der Waals surface area contributed by atoms with Gasteiger partial charge in [0.15, 0.2) is 0 Å². The molecule has 0 unspecified atom stereocenters. The van der Waals surface area contributed by atoms with Crippen LogP contribution in [0.1, 0.15) is 11.1 Å². The number of carbonyl (C=O) groups excluding carboxylic acids is 1. The number of aromatic amines is 1. The summed E-state index contributed by atoms with van der Waals surface area (Å²) < 4.78 is 0. The number of aromatic nitrogens is 2. The molecule has 0 radical (unpaired) electrons. The number of fused-ring (bicyclic) bond motifs is 1. The van der Waals surface area contributed by atoms with Crippen molar-refractivity contribution in [1.82, 2.24) is 15.3 Å². The van der Waals surface area contributed by atoms with E-state index in [0.717, 1.165) is 22.2 Å². The molecule has 2 aromatic heterocycles. The van der Waals surface area contributed by atoms with Gasteiger partial charge in [-0.1, -0.05) is 23.7 Å². The second-order valence-corrected chi connectivity index (χ2v) is 5.26. The highest BCUT2D eigenvalue weighted by atomic mass is 35.5. The van der Waals surface area contributed by atoms with Crippen LogP contribution in [0.2, 0.25) is 5.02 Å². The summed E-state index contributed by atoms with van der Waals surface area (Å²) in [6, 6.07) is 11.2. The minimum absolute atomic E-state index is 0.154. The molecule has 2 heterocycles. The van der Waals surface area contributed by atoms with E-state index in [4.69, 9.17) is 11.6 Å². The molecule has 110 valence electrons. The summed E-state index contributed by atoms with van der Waals surface area (Å²) in [6.07, 6.45) is 6.84. The fourth-order valence-electron chi connectivity index (χ4n) is 2.18. The molecule has 0 bridgehead atoms. The smallest absolute Gasteiger partial charge is 0.244 e. The third-order valence-electron chi connectivity index (χ3n) is 3.25. The van der Waals surface area contributed by atoms with E-state index in [2.05, 4.69) is 15.3 Å². The molecule has 22 heavy (non-hydrogen) atoms. The Morgan fingerprint density at radius 1 is 1.32 bits per heavy atom. The predicted molar refractivity (Wildman–Crippen MR) is 88.4 cm³/mol. The van der Waals surface area contributed by atoms with Crippen LogP contribution in [0.5, 0.6) is 0 Å². The minimum atomic E-state index is -0.154. The van der Waals surface area contributed by atoms with Gasteiger partial charge in [0.25, 0.3) is 0 Å². The van der Waals surface area contributed by atoms with Crippen LogP contribution >= 0.6 is 11.6 Å². The van der Waals surface area contributed by atoms with Gasteiger partial charge in [-0.05, 0) is 35.9 Å². The lowest BCUT2D eigenvalue weighted by atomic mass is 10.2. The maximum atomic E-state index is 11.9. The zero-order chi connectivity index (χ0) is 15.4. The lowest BCUT2D eigenvalue weighted by molar-refractivity contribution is -0.116. The Kier molecular flexibility index (Phi) is 4.21. The van der Waals surface area contributed by atoms with Gasteiger partial charge in [0.05, 0.1) is 0 Å². The Bertz CT molecular complexity index is 839. The summed E-state index contributed by atoms with van der Waals surface area (Å²) in [5.74, 6) is -0.154. The summed E-state index contributed by atoms with van der Waals surface area (Å²) in [5, 5.41) is 4.47. The maximum Gasteiger partial charge on any atom is 0.244 e. The number of hydrogen-bond donors (Lipinski definition) is 2. The van der Waals surface area contributed by atoms with E-state index in [-0.39, 0.29) is 5.91 Å². The van der Waals surface area contributed by atoms with Crippen molar-refractivity contribution in [1.29, 1.82) is 0 Å². The van der Waals surface area contributed by atoms with E-state index in [1.54, 1.807) is 18.3 Å². The highest BCUT2D eigenvalue weighted by Gasteiger charge is 2.02. The highest BCUT2D eigenvalue weighted by molar-refractivity contribution is 6.30. The maximum absolute atomic E-state index is 11.9. The van der Waals surface area contributed by atoms with Gasteiger partial charge in [0.1, 0.15) is 5.65 Å². The molecule has 2 N–H and O–H groups in total. The second kappa shape index (κ2) is 6.45. The van der Waals surface area contributed by atoms with Crippen LogP contribution in [0.3, 0.4) is 0 Å². The third-order valence-corrected chi connectivity index (χ3v) is 3.49. The number of benzene rings is 1. The van der Waals surface area contributed by atoms with E-state index in [0.29, 0.717) is 11.6 Å². The minimum Gasteiger partial charge on any atom is -0.348 e. The molecule has 0 aliphatic heterocycles. The molecule has 0 aliphatic carbocycles. The molecule has 5 heteroatoms. The van der Waals surface area contributed by atoms with E-state index < -0.39 is 0 Å². The van der Waals surface area contributed by atoms with Crippen molar-refractivity contribution in [2.24, 2.45) is 0 Å². The summed E-state index contributed by atoms with van der Waals surface area (Å²) in [5.41, 5.74) is 2.70. The van der Waals surface area contributed by atoms with Crippen molar-refractivity contribution >= 4 is 34.6 Å². The predicted octanol–water partition coefficient (Wildman–Crippen LogP) is 3.55. The van der Waals surface area contributed by atoms with Gasteiger partial charge in [0.2, 0.25) is 5.91 Å². The summed E-state index contributed by atoms with van der Waals surface area (Å²) in [4.78, 5) is 19.2. The molecule has 3 aromatic rings. The fourth-order valence-corrected chi connectivity index (χ4v) is 2.39. The molecule has 0 aliphatic rings. The van der Waals surface area contributed by atoms with Crippen LogP contribution in [0.4, 0.5) is 0 Å². The van der Waals surface area contributed by atoms with Crippen LogP contribution < -0.4 is 5.32 Å². The number of hydrogen-bond acceptors (Lipinski definition) is 2. The van der Waals surface area contributed by atoms with Crippen molar-refractivity contribution < 1.29 is 4.79 Å². The van der Waals surface area contributed by atoms with Gasteiger partial charge in [-0.25, -0.2) is 4.98 Å². The number of nitrogens with zero attached hydrogens (tertiary/aromatic N) is 1. The van der Waals surface area contributed by atoms with E-state index in [1.165, 1.54) is 6.08 Å². The van der Waals surface area contributed by atoms with E-state index in [1.807, 2.05) is 36.5 Å². The van der Waals surface area contributed by atoms with Crippen molar-refractivity contribution in [2.75, 3.05) is 0 Å². The molecule has 1 aromatic carbocycles. The van der Waals surface area contributed by atoms with E-state index in [9.17, 15) is 4.79 Å². The Morgan fingerprint density at radius 3 is 3.09 bits per heavy atom. The van der Waals surface area contributed by atoms with Crippen LogP contribution in [-0.4, -0.2) is 15.9 Å². The third kappa shape index (κ3) is 3.35. The van der Waals surface area contributed by atoms with E-state index >= 15 is 0 Å². The van der Waals surface area contributed by atoms with Crippen molar-refractivity contribution in [2.45, 2.75) is 6.54 Å². The number of amides is 1. The molecule has 0 saturated carbocycles. The average Bonchev–Trinajstić information content (AvgIpc) is 2.94. The van der Waals surface area contributed by atoms with Gasteiger partial charge in [-0.2, -0.15) is 0 Å². The van der Waals surface area contributed by atoms with Gasteiger partial charge in [-0.3, -0.25) is 4.79 Å². The summed E-state index contributed by atoms with van der Waals surface area (Å²) in [7, 11) is 0. The summed E-state index contributed by atoms with van der Waals surface area (Å²) in [6.45, 7) is 0.444. The Morgan fingerprint density at radius 2 is 2.23 bits per heavy atom. The molecule has 0 spiro atoms. The number of H-pyrrole nitrogens is 1. The zero-order valence-corrected chi connectivity index (χ0v) is 12.5. The Labute approximate surface area is 132 Å². The first-order chi connectivity index (χ1) is 10.7. The number of carbonyl (C=O) groups is 1. The molecule has 4 nitrogen and oxygen atoms in total. The number of pyridine rings is 1. The van der Waals surface area contributed by atoms with Crippen LogP contribution in [-0.2, 0) is 11.3 Å². The van der Waals surface area contributed by atoms with Gasteiger partial charge in [-0.15, -0.1) is 0 Å². The SMILES string of the molecule is O=C(C=Cc1c[nH]c2ncccc12)NCc1cccc(Cl)c1. The molecule has 0 atom stereocenters. The van der Waals surface area contributed by atoms with Crippen molar-refractivity contribution in [3.05, 3.63) is 71.0 Å². The number of nitrogens with one attached hydrogen (secondary N) is 2. The second-order valence-electron chi connectivity index (χ2n) is 4.82. The first-order valence-corrected chi connectivity index (χ1v) is 7.22. The normalized spacial score (nSPS) is 11.1. The largest absolute Gasteiger partial charge is 0.348 e. The van der Waals surface area contributed by atoms with Crippen LogP contribution in [0.25, 0.3) is 17.1 Å². The molecule has 0 fully saturated rings. The lowest BCUT2D eigenvalue weighted by Crippen LogP contribution is -2.20. The Balaban J connectivity index is 1.64. The lowest BCUT2D eigenvalue weighted by Gasteiger charge is -2.02. The first-order valence-electron chi connectivity index (χ1n) is 6.85. The molecule has 0 saturated heterocycles. The number of rotatable bonds is 4. The highest BCUT2D eigenvalue weighted by Crippen LogP contribution is 2.16. The Hall–Kier alpha value is -2.59. The van der Waals surface area contributed by atoms with Crippen molar-refractivity contribution in [3.63, 3.8) is 0 Å². The summed E-state index contributed by atoms with van der Waals surface area (Å²) >= 11 is 5.91. The van der Waals surface area contributed by atoms with Crippen molar-refractivity contribution in [3.8, 4) is 0 Å². The standard InChI is InChI=1S/C17H14ClN3O/c18-14-4-1-3-12(9-14)10-20-16(22)7-6-13-11-21-17-15(13)5-2-8-19-17/h1-9,11H,10H2,(H,19,21)(H,20,22). The van der Waals surface area contributed by atoms with Gasteiger partial charge >= 0.3 is 0 Å². The molecule has 3 rings (SSSR count). The number of halogens is 1. The molecular formula is C17H14ClN3O. The molecular weight excluding hydrogens is 298 g/mol. The average molecular weight is 312 g/mol. The quantitative estimate of drug-likeness (QED) is 0.724. The monoisotopic (exact) mass is 311 g/mol. The van der Waals surface area contributed by atoms with Crippen LogP contribution in [0, 0.1) is 0 Å².